The van der Waals surface area contributed by atoms with E-state index < -0.39 is 5.60 Å². The minimum atomic E-state index is -0.821. The zero-order valence-corrected chi connectivity index (χ0v) is 12.0. The van der Waals surface area contributed by atoms with Gasteiger partial charge in [0.2, 0.25) is 5.91 Å². The van der Waals surface area contributed by atoms with Gasteiger partial charge in [-0.05, 0) is 25.7 Å². The van der Waals surface area contributed by atoms with E-state index in [1.807, 2.05) is 13.8 Å². The molecule has 0 fully saturated rings. The van der Waals surface area contributed by atoms with Crippen LogP contribution in [0.5, 0.6) is 0 Å². The second kappa shape index (κ2) is 7.70. The van der Waals surface area contributed by atoms with Crippen molar-refractivity contribution in [3.8, 4) is 0 Å². The Hall–Kier alpha value is -0.570. The number of rotatable bonds is 8. The molecule has 0 aromatic rings. The molecule has 0 saturated heterocycles. The largest absolute Gasteiger partial charge is 0.388 e. The molecule has 0 aliphatic rings. The summed E-state index contributed by atoms with van der Waals surface area (Å²) < 4.78 is 0. The van der Waals surface area contributed by atoms with E-state index in [4.69, 9.17) is 0 Å². The predicted molar refractivity (Wildman–Crippen MR) is 71.8 cm³/mol. The molecule has 0 spiro atoms. The Labute approximate surface area is 106 Å². The minimum absolute atomic E-state index is 0.0922. The van der Waals surface area contributed by atoms with E-state index in [2.05, 4.69) is 19.2 Å². The number of hydrogen-bond donors (Lipinski definition) is 2. The third-order valence-electron chi connectivity index (χ3n) is 3.51. The highest BCUT2D eigenvalue weighted by atomic mass is 16.3. The van der Waals surface area contributed by atoms with Crippen LogP contribution in [0.25, 0.3) is 0 Å². The molecule has 0 aliphatic carbocycles. The van der Waals surface area contributed by atoms with E-state index in [0.29, 0.717) is 6.54 Å². The fourth-order valence-corrected chi connectivity index (χ4v) is 1.72. The monoisotopic (exact) mass is 243 g/mol. The maximum atomic E-state index is 12.0. The zero-order chi connectivity index (χ0) is 13.5. The lowest BCUT2D eigenvalue weighted by atomic mass is 9.91. The van der Waals surface area contributed by atoms with Crippen molar-refractivity contribution in [2.75, 3.05) is 6.54 Å². The summed E-state index contributed by atoms with van der Waals surface area (Å²) in [6.45, 7) is 10.2. The van der Waals surface area contributed by atoms with E-state index in [1.54, 1.807) is 6.92 Å². The Bertz CT molecular complexity index is 218. The van der Waals surface area contributed by atoms with Crippen molar-refractivity contribution in [2.45, 2.75) is 65.9 Å². The van der Waals surface area contributed by atoms with Crippen LogP contribution in [0.2, 0.25) is 0 Å². The molecule has 0 saturated carbocycles. The molecule has 0 rings (SSSR count). The first-order chi connectivity index (χ1) is 7.85. The summed E-state index contributed by atoms with van der Waals surface area (Å²) in [7, 11) is 0. The van der Waals surface area contributed by atoms with Gasteiger partial charge in [0.25, 0.3) is 0 Å². The summed E-state index contributed by atoms with van der Waals surface area (Å²) in [6.07, 6.45) is 3.92. The first kappa shape index (κ1) is 16.4. The Morgan fingerprint density at radius 3 is 2.06 bits per heavy atom. The van der Waals surface area contributed by atoms with Gasteiger partial charge in [0, 0.05) is 12.5 Å². The first-order valence-electron chi connectivity index (χ1n) is 6.85. The highest BCUT2D eigenvalue weighted by Crippen LogP contribution is 2.17. The highest BCUT2D eigenvalue weighted by molar-refractivity contribution is 5.78. The van der Waals surface area contributed by atoms with E-state index >= 15 is 0 Å². The van der Waals surface area contributed by atoms with Crippen LogP contribution < -0.4 is 5.32 Å². The number of carbonyl (C=O) groups excluding carboxylic acids is 1. The molecule has 0 bridgehead atoms. The molecular weight excluding hydrogens is 214 g/mol. The molecule has 0 aromatic carbocycles. The number of hydrogen-bond acceptors (Lipinski definition) is 2. The minimum Gasteiger partial charge on any atom is -0.388 e. The Balaban J connectivity index is 4.22. The quantitative estimate of drug-likeness (QED) is 0.688. The Kier molecular flexibility index (Phi) is 7.44. The van der Waals surface area contributed by atoms with Crippen molar-refractivity contribution >= 4 is 5.91 Å². The van der Waals surface area contributed by atoms with Gasteiger partial charge in [-0.25, -0.2) is 0 Å². The SMILES string of the molecule is CCCC(CCC)C(=O)NCC(C)(O)C(C)C. The fourth-order valence-electron chi connectivity index (χ4n) is 1.72. The van der Waals surface area contributed by atoms with Crippen LogP contribution in [0.15, 0.2) is 0 Å². The van der Waals surface area contributed by atoms with Gasteiger partial charge in [0.1, 0.15) is 0 Å². The summed E-state index contributed by atoms with van der Waals surface area (Å²) in [5, 5.41) is 13.0. The van der Waals surface area contributed by atoms with Gasteiger partial charge in [-0.1, -0.05) is 40.5 Å². The Morgan fingerprint density at radius 2 is 1.71 bits per heavy atom. The zero-order valence-electron chi connectivity index (χ0n) is 12.0. The number of carbonyl (C=O) groups is 1. The van der Waals surface area contributed by atoms with Crippen molar-refractivity contribution in [1.82, 2.24) is 5.32 Å². The van der Waals surface area contributed by atoms with Crippen LogP contribution in [-0.4, -0.2) is 23.2 Å². The van der Waals surface area contributed by atoms with Crippen molar-refractivity contribution in [3.05, 3.63) is 0 Å². The van der Waals surface area contributed by atoms with Crippen molar-refractivity contribution in [3.63, 3.8) is 0 Å². The average molecular weight is 243 g/mol. The van der Waals surface area contributed by atoms with Crippen molar-refractivity contribution < 1.29 is 9.90 Å². The summed E-state index contributed by atoms with van der Waals surface area (Å²) in [6, 6.07) is 0. The molecule has 17 heavy (non-hydrogen) atoms. The fraction of sp³-hybridized carbons (Fsp3) is 0.929. The number of amides is 1. The maximum Gasteiger partial charge on any atom is 0.223 e. The molecular formula is C14H29NO2. The van der Waals surface area contributed by atoms with Crippen molar-refractivity contribution in [2.24, 2.45) is 11.8 Å². The van der Waals surface area contributed by atoms with E-state index in [0.717, 1.165) is 25.7 Å². The number of aliphatic hydroxyl groups is 1. The van der Waals surface area contributed by atoms with Gasteiger partial charge in [0.05, 0.1) is 5.60 Å². The van der Waals surface area contributed by atoms with E-state index in [9.17, 15) is 9.90 Å². The summed E-state index contributed by atoms with van der Waals surface area (Å²) in [5.74, 6) is 0.334. The molecule has 0 heterocycles. The van der Waals surface area contributed by atoms with Crippen LogP contribution in [0.4, 0.5) is 0 Å². The van der Waals surface area contributed by atoms with Gasteiger partial charge in [-0.2, -0.15) is 0 Å². The highest BCUT2D eigenvalue weighted by Gasteiger charge is 2.26. The van der Waals surface area contributed by atoms with Crippen LogP contribution in [0, 0.1) is 11.8 Å². The summed E-state index contributed by atoms with van der Waals surface area (Å²) in [5.41, 5.74) is -0.821. The van der Waals surface area contributed by atoms with Gasteiger partial charge in [0.15, 0.2) is 0 Å². The third-order valence-corrected chi connectivity index (χ3v) is 3.51. The third kappa shape index (κ3) is 6.06. The smallest absolute Gasteiger partial charge is 0.223 e. The van der Waals surface area contributed by atoms with Gasteiger partial charge < -0.3 is 10.4 Å². The normalized spacial score (nSPS) is 15.1. The van der Waals surface area contributed by atoms with Crippen LogP contribution in [0.1, 0.15) is 60.3 Å². The molecule has 0 aromatic heterocycles. The van der Waals surface area contributed by atoms with Crippen LogP contribution in [0.3, 0.4) is 0 Å². The molecule has 1 amide bonds. The molecule has 1 unspecified atom stereocenters. The second-order valence-corrected chi connectivity index (χ2v) is 5.50. The molecule has 0 radical (unpaired) electrons. The van der Waals surface area contributed by atoms with Crippen molar-refractivity contribution in [1.29, 1.82) is 0 Å². The maximum absolute atomic E-state index is 12.0. The van der Waals surface area contributed by atoms with Crippen LogP contribution >= 0.6 is 0 Å². The van der Waals surface area contributed by atoms with Gasteiger partial charge >= 0.3 is 0 Å². The molecule has 3 nitrogen and oxygen atoms in total. The lowest BCUT2D eigenvalue weighted by Gasteiger charge is -2.28. The van der Waals surface area contributed by atoms with E-state index in [1.165, 1.54) is 0 Å². The summed E-state index contributed by atoms with van der Waals surface area (Å²) >= 11 is 0. The first-order valence-corrected chi connectivity index (χ1v) is 6.85. The predicted octanol–water partition coefficient (Wildman–Crippen LogP) is 2.73. The molecule has 2 N–H and O–H groups in total. The summed E-state index contributed by atoms with van der Waals surface area (Å²) in [4.78, 5) is 12.0. The second-order valence-electron chi connectivity index (χ2n) is 5.50. The molecule has 3 heteroatoms. The standard InChI is InChI=1S/C14H29NO2/c1-6-8-12(9-7-2)13(16)15-10-14(5,17)11(3)4/h11-12,17H,6-10H2,1-5H3,(H,15,16). The molecule has 1 atom stereocenters. The topological polar surface area (TPSA) is 49.3 Å². The average Bonchev–Trinajstić information content (AvgIpc) is 2.25. The Morgan fingerprint density at radius 1 is 1.24 bits per heavy atom. The lowest BCUT2D eigenvalue weighted by Crippen LogP contribution is -2.45. The molecule has 102 valence electrons. The van der Waals surface area contributed by atoms with E-state index in [-0.39, 0.29) is 17.7 Å². The van der Waals surface area contributed by atoms with Gasteiger partial charge in [-0.15, -0.1) is 0 Å². The van der Waals surface area contributed by atoms with Gasteiger partial charge in [-0.3, -0.25) is 4.79 Å². The lowest BCUT2D eigenvalue weighted by molar-refractivity contribution is -0.127. The van der Waals surface area contributed by atoms with Crippen LogP contribution in [-0.2, 0) is 4.79 Å². The number of nitrogens with one attached hydrogen (secondary N) is 1. The molecule has 0 aliphatic heterocycles.